The molecule has 26 heavy (non-hydrogen) atoms. The van der Waals surface area contributed by atoms with Crippen molar-refractivity contribution < 1.29 is 22.7 Å². The van der Waals surface area contributed by atoms with Gasteiger partial charge in [-0.3, -0.25) is 9.69 Å². The summed E-state index contributed by atoms with van der Waals surface area (Å²) >= 11 is 3.39. The van der Waals surface area contributed by atoms with Gasteiger partial charge in [-0.25, -0.2) is 13.2 Å². The fraction of sp³-hybridized carbons (Fsp3) is 0.278. The highest BCUT2D eigenvalue weighted by atomic mass is 79.9. The van der Waals surface area contributed by atoms with Gasteiger partial charge in [0.05, 0.1) is 18.8 Å². The van der Waals surface area contributed by atoms with Crippen LogP contribution in [0.3, 0.4) is 0 Å². The van der Waals surface area contributed by atoms with Gasteiger partial charge in [-0.1, -0.05) is 15.9 Å². The highest BCUT2D eigenvalue weighted by Gasteiger charge is 2.22. The van der Waals surface area contributed by atoms with Gasteiger partial charge in [-0.2, -0.15) is 0 Å². The molecule has 2 aromatic carbocycles. The van der Waals surface area contributed by atoms with Crippen molar-refractivity contribution in [2.24, 2.45) is 0 Å². The first kappa shape index (κ1) is 20.3. The summed E-state index contributed by atoms with van der Waals surface area (Å²) in [4.78, 5) is 14.1. The van der Waals surface area contributed by atoms with Gasteiger partial charge >= 0.3 is 0 Å². The van der Waals surface area contributed by atoms with Crippen molar-refractivity contribution in [3.05, 3.63) is 57.8 Å². The number of ether oxygens (including phenoxy) is 1. The van der Waals surface area contributed by atoms with Crippen LogP contribution in [-0.2, 0) is 11.3 Å². The van der Waals surface area contributed by atoms with Crippen molar-refractivity contribution in [2.75, 3.05) is 19.5 Å². The van der Waals surface area contributed by atoms with Gasteiger partial charge in [0.1, 0.15) is 5.75 Å². The van der Waals surface area contributed by atoms with Crippen LogP contribution in [0.5, 0.6) is 5.75 Å². The van der Waals surface area contributed by atoms with Crippen molar-refractivity contribution in [1.29, 1.82) is 0 Å². The summed E-state index contributed by atoms with van der Waals surface area (Å²) in [7, 11) is 3.26. The molecule has 1 amide bonds. The van der Waals surface area contributed by atoms with Crippen LogP contribution in [0.25, 0.3) is 0 Å². The Kier molecular flexibility index (Phi) is 6.66. The van der Waals surface area contributed by atoms with Gasteiger partial charge in [0.25, 0.3) is 0 Å². The first-order chi connectivity index (χ1) is 12.2. The molecule has 0 aromatic heterocycles. The van der Waals surface area contributed by atoms with Crippen molar-refractivity contribution in [3.8, 4) is 5.75 Å². The van der Waals surface area contributed by atoms with Crippen LogP contribution in [0.2, 0.25) is 0 Å². The number of hydrogen-bond acceptors (Lipinski definition) is 3. The van der Waals surface area contributed by atoms with Crippen LogP contribution >= 0.6 is 15.9 Å². The number of nitrogens with one attached hydrogen (secondary N) is 1. The maximum Gasteiger partial charge on any atom is 0.241 e. The zero-order valence-corrected chi connectivity index (χ0v) is 16.0. The number of carbonyl (C=O) groups excluding carboxylic acids is 1. The Labute approximate surface area is 158 Å². The summed E-state index contributed by atoms with van der Waals surface area (Å²) in [6.07, 6.45) is 0. The number of rotatable bonds is 6. The molecular formula is C18H18BrF3N2O2. The van der Waals surface area contributed by atoms with Crippen molar-refractivity contribution >= 4 is 27.5 Å². The Morgan fingerprint density at radius 1 is 1.23 bits per heavy atom. The second-order valence-electron chi connectivity index (χ2n) is 5.76. The molecule has 0 saturated heterocycles. The lowest BCUT2D eigenvalue weighted by Crippen LogP contribution is -2.39. The second-order valence-corrected chi connectivity index (χ2v) is 6.68. The first-order valence-electron chi connectivity index (χ1n) is 7.71. The lowest BCUT2D eigenvalue weighted by Gasteiger charge is -2.25. The highest BCUT2D eigenvalue weighted by molar-refractivity contribution is 9.10. The predicted octanol–water partition coefficient (Wildman–Crippen LogP) is 4.33. The van der Waals surface area contributed by atoms with Gasteiger partial charge in [0, 0.05) is 16.6 Å². The molecule has 2 aromatic rings. The Morgan fingerprint density at radius 3 is 2.58 bits per heavy atom. The molecule has 1 atom stereocenters. The maximum absolute atomic E-state index is 13.7. The standard InChI is InChI=1S/C18H18BrF3N2O2/c1-10(18(25)23-14-6-5-13(20)16(21)17(14)22)24(2)9-11-8-12(19)4-7-15(11)26-3/h4-8,10H,9H2,1-3H3,(H,23,25). The Hall–Kier alpha value is -2.06. The van der Waals surface area contributed by atoms with Crippen LogP contribution in [0.4, 0.5) is 18.9 Å². The average Bonchev–Trinajstić information content (AvgIpc) is 2.61. The van der Waals surface area contributed by atoms with Gasteiger partial charge in [-0.05, 0) is 44.3 Å². The molecule has 0 aliphatic carbocycles. The molecule has 0 spiro atoms. The second kappa shape index (κ2) is 8.55. The van der Waals surface area contributed by atoms with Crippen molar-refractivity contribution in [2.45, 2.75) is 19.5 Å². The Morgan fingerprint density at radius 2 is 1.92 bits per heavy atom. The van der Waals surface area contributed by atoms with Gasteiger partial charge in [0.15, 0.2) is 17.5 Å². The van der Waals surface area contributed by atoms with Crippen LogP contribution in [0.1, 0.15) is 12.5 Å². The first-order valence-corrected chi connectivity index (χ1v) is 8.51. The van der Waals surface area contributed by atoms with E-state index in [4.69, 9.17) is 4.74 Å². The molecule has 0 heterocycles. The Bertz CT molecular complexity index is 817. The number of amides is 1. The van der Waals surface area contributed by atoms with E-state index in [-0.39, 0.29) is 0 Å². The van der Waals surface area contributed by atoms with E-state index < -0.39 is 35.1 Å². The molecule has 0 saturated carbocycles. The van der Waals surface area contributed by atoms with Crippen LogP contribution in [0.15, 0.2) is 34.8 Å². The summed E-state index contributed by atoms with van der Waals surface area (Å²) in [6, 6.07) is 6.59. The minimum absolute atomic E-state index is 0.386. The zero-order valence-electron chi connectivity index (χ0n) is 14.4. The molecule has 8 heteroatoms. The van der Waals surface area contributed by atoms with E-state index in [1.807, 2.05) is 12.1 Å². The lowest BCUT2D eigenvalue weighted by atomic mass is 10.1. The maximum atomic E-state index is 13.7. The zero-order chi connectivity index (χ0) is 19.4. The van der Waals surface area contributed by atoms with Gasteiger partial charge in [0.2, 0.25) is 5.91 Å². The number of halogens is 4. The van der Waals surface area contributed by atoms with Gasteiger partial charge in [-0.15, -0.1) is 0 Å². The van der Waals surface area contributed by atoms with Crippen LogP contribution in [-0.4, -0.2) is 31.0 Å². The summed E-state index contributed by atoms with van der Waals surface area (Å²) < 4.78 is 46.1. The molecule has 0 aliphatic heterocycles. The molecule has 1 unspecified atom stereocenters. The minimum atomic E-state index is -1.62. The monoisotopic (exact) mass is 430 g/mol. The smallest absolute Gasteiger partial charge is 0.241 e. The van der Waals surface area contributed by atoms with E-state index in [9.17, 15) is 18.0 Å². The number of carbonyl (C=O) groups is 1. The number of hydrogen-bond donors (Lipinski definition) is 1. The molecule has 1 N–H and O–H groups in total. The van der Waals surface area contributed by atoms with Crippen molar-refractivity contribution in [1.82, 2.24) is 4.90 Å². The SMILES string of the molecule is COc1ccc(Br)cc1CN(C)C(C)C(=O)Nc1ccc(F)c(F)c1F. The number of benzene rings is 2. The van der Waals surface area contributed by atoms with E-state index in [1.165, 1.54) is 0 Å². The third-order valence-corrected chi connectivity index (χ3v) is 4.49. The van der Waals surface area contributed by atoms with E-state index >= 15 is 0 Å². The number of methoxy groups -OCH3 is 1. The molecule has 2 rings (SSSR count). The summed E-state index contributed by atoms with van der Waals surface area (Å²) in [5, 5.41) is 2.28. The third kappa shape index (κ3) is 4.56. The topological polar surface area (TPSA) is 41.6 Å². The minimum Gasteiger partial charge on any atom is -0.496 e. The fourth-order valence-corrected chi connectivity index (χ4v) is 2.74. The molecule has 0 aliphatic rings. The van der Waals surface area contributed by atoms with E-state index in [0.717, 1.165) is 22.2 Å². The Balaban J connectivity index is 2.11. The molecule has 140 valence electrons. The van der Waals surface area contributed by atoms with Crippen LogP contribution < -0.4 is 10.1 Å². The third-order valence-electron chi connectivity index (χ3n) is 4.00. The lowest BCUT2D eigenvalue weighted by molar-refractivity contribution is -0.120. The highest BCUT2D eigenvalue weighted by Crippen LogP contribution is 2.25. The molecular weight excluding hydrogens is 413 g/mol. The molecule has 0 radical (unpaired) electrons. The largest absolute Gasteiger partial charge is 0.496 e. The van der Waals surface area contributed by atoms with Crippen LogP contribution in [0, 0.1) is 17.5 Å². The molecule has 0 fully saturated rings. The average molecular weight is 431 g/mol. The van der Waals surface area contributed by atoms with Gasteiger partial charge < -0.3 is 10.1 Å². The normalized spacial score (nSPS) is 12.2. The number of likely N-dealkylation sites (N-methyl/N-ethyl adjacent to an activating group) is 1. The summed E-state index contributed by atoms with van der Waals surface area (Å²) in [5.41, 5.74) is 0.442. The molecule has 4 nitrogen and oxygen atoms in total. The summed E-state index contributed by atoms with van der Waals surface area (Å²) in [6.45, 7) is 2.01. The molecule has 0 bridgehead atoms. The van der Waals surface area contributed by atoms with E-state index in [1.54, 1.807) is 32.0 Å². The number of nitrogens with zero attached hydrogens (tertiary/aromatic N) is 1. The quantitative estimate of drug-likeness (QED) is 0.693. The van der Waals surface area contributed by atoms with E-state index in [2.05, 4.69) is 21.2 Å². The van der Waals surface area contributed by atoms with E-state index in [0.29, 0.717) is 12.3 Å². The predicted molar refractivity (Wildman–Crippen MR) is 96.6 cm³/mol. The van der Waals surface area contributed by atoms with Crippen molar-refractivity contribution in [3.63, 3.8) is 0 Å². The fourth-order valence-electron chi connectivity index (χ4n) is 2.34. The summed E-state index contributed by atoms with van der Waals surface area (Å²) in [5.74, 6) is -4.25. The number of anilines is 1.